The molecule has 4 heteroatoms. The molecule has 1 aliphatic carbocycles. The summed E-state index contributed by atoms with van der Waals surface area (Å²) >= 11 is 0. The molecular weight excluding hydrogens is 302 g/mol. The highest BCUT2D eigenvalue weighted by molar-refractivity contribution is 5.78. The van der Waals surface area contributed by atoms with E-state index in [1.54, 1.807) is 0 Å². The summed E-state index contributed by atoms with van der Waals surface area (Å²) in [5, 5.41) is 21.2. The van der Waals surface area contributed by atoms with Crippen LogP contribution in [-0.2, 0) is 4.74 Å². The monoisotopic (exact) mass is 324 g/mol. The SMILES string of the molecule is CCC[C@H](CO)N=C([O-])OCC1c2ccccc2-c2ccccc21. The van der Waals surface area contributed by atoms with Gasteiger partial charge in [-0.2, -0.15) is 0 Å². The third kappa shape index (κ3) is 3.29. The quantitative estimate of drug-likeness (QED) is 0.656. The Bertz CT molecular complexity index is 681. The second-order valence-electron chi connectivity index (χ2n) is 6.06. The van der Waals surface area contributed by atoms with Crippen molar-refractivity contribution in [2.24, 2.45) is 4.99 Å². The number of hydrogen-bond donors (Lipinski definition) is 1. The first-order chi connectivity index (χ1) is 11.7. The molecule has 0 heterocycles. The van der Waals surface area contributed by atoms with E-state index in [4.69, 9.17) is 4.74 Å². The summed E-state index contributed by atoms with van der Waals surface area (Å²) < 4.78 is 5.40. The van der Waals surface area contributed by atoms with Crippen LogP contribution in [0.1, 0.15) is 36.8 Å². The Morgan fingerprint density at radius 2 is 1.71 bits per heavy atom. The van der Waals surface area contributed by atoms with Crippen LogP contribution in [0, 0.1) is 0 Å². The lowest BCUT2D eigenvalue weighted by Crippen LogP contribution is -2.27. The molecule has 0 saturated carbocycles. The number of fused-ring (bicyclic) bond motifs is 3. The molecule has 0 unspecified atom stereocenters. The van der Waals surface area contributed by atoms with Gasteiger partial charge in [0, 0.05) is 12.5 Å². The third-order valence-electron chi connectivity index (χ3n) is 4.46. The minimum atomic E-state index is -0.593. The number of benzene rings is 2. The highest BCUT2D eigenvalue weighted by Gasteiger charge is 2.26. The first-order valence-electron chi connectivity index (χ1n) is 8.41. The van der Waals surface area contributed by atoms with Crippen molar-refractivity contribution in [2.75, 3.05) is 13.2 Å². The number of nitrogens with zero attached hydrogens (tertiary/aromatic N) is 1. The van der Waals surface area contributed by atoms with Crippen LogP contribution < -0.4 is 5.11 Å². The third-order valence-corrected chi connectivity index (χ3v) is 4.46. The highest BCUT2D eigenvalue weighted by Crippen LogP contribution is 2.44. The van der Waals surface area contributed by atoms with E-state index in [0.29, 0.717) is 6.42 Å². The van der Waals surface area contributed by atoms with Gasteiger partial charge in [0.2, 0.25) is 0 Å². The summed E-state index contributed by atoms with van der Waals surface area (Å²) in [7, 11) is 0. The standard InChI is InChI=1S/C20H23NO3/c1-2-7-14(12-22)21-20(23)24-13-19-17-10-5-3-8-15(17)16-9-4-6-11-18(16)19/h3-6,8-11,14,19,22H,2,7,12-13H2,1H3,(H,21,23)/p-1/t14-/m1/s1. The molecule has 0 amide bonds. The van der Waals surface area contributed by atoms with Crippen molar-refractivity contribution in [3.05, 3.63) is 59.7 Å². The lowest BCUT2D eigenvalue weighted by molar-refractivity contribution is -0.251. The van der Waals surface area contributed by atoms with Crippen molar-refractivity contribution >= 4 is 6.08 Å². The molecule has 4 nitrogen and oxygen atoms in total. The molecular formula is C20H22NO3-. The molecule has 0 aromatic heterocycles. The highest BCUT2D eigenvalue weighted by atomic mass is 16.6. The van der Waals surface area contributed by atoms with Crippen LogP contribution in [0.5, 0.6) is 0 Å². The molecule has 1 N–H and O–H groups in total. The average Bonchev–Trinajstić information content (AvgIpc) is 2.93. The zero-order valence-electron chi connectivity index (χ0n) is 13.8. The maximum atomic E-state index is 12.0. The van der Waals surface area contributed by atoms with Crippen molar-refractivity contribution in [3.8, 4) is 11.1 Å². The Labute approximate surface area is 142 Å². The van der Waals surface area contributed by atoms with E-state index in [1.165, 1.54) is 22.3 Å². The molecule has 3 rings (SSSR count). The number of aliphatic hydroxyl groups excluding tert-OH is 1. The second kappa shape index (κ2) is 7.49. The van der Waals surface area contributed by atoms with E-state index in [-0.39, 0.29) is 25.2 Å². The van der Waals surface area contributed by atoms with Crippen molar-refractivity contribution in [1.29, 1.82) is 0 Å². The number of ether oxygens (including phenoxy) is 1. The lowest BCUT2D eigenvalue weighted by Gasteiger charge is -2.22. The van der Waals surface area contributed by atoms with Gasteiger partial charge < -0.3 is 14.9 Å². The summed E-state index contributed by atoms with van der Waals surface area (Å²) in [6, 6.07) is 16.1. The van der Waals surface area contributed by atoms with Gasteiger partial charge in [0.05, 0.1) is 12.6 Å². The Morgan fingerprint density at radius 1 is 1.12 bits per heavy atom. The molecule has 0 fully saturated rings. The number of aliphatic imine (C=N–C) groups is 1. The fourth-order valence-corrected chi connectivity index (χ4v) is 3.31. The second-order valence-corrected chi connectivity index (χ2v) is 6.06. The fourth-order valence-electron chi connectivity index (χ4n) is 3.31. The Morgan fingerprint density at radius 3 is 2.25 bits per heavy atom. The van der Waals surface area contributed by atoms with Crippen LogP contribution in [0.15, 0.2) is 53.5 Å². The van der Waals surface area contributed by atoms with Gasteiger partial charge in [-0.05, 0) is 28.7 Å². The number of aliphatic hydroxyl groups is 1. The van der Waals surface area contributed by atoms with Crippen LogP contribution in [-0.4, -0.2) is 30.4 Å². The molecule has 126 valence electrons. The first-order valence-corrected chi connectivity index (χ1v) is 8.41. The topological polar surface area (TPSA) is 64.9 Å². The van der Waals surface area contributed by atoms with E-state index in [1.807, 2.05) is 31.2 Å². The van der Waals surface area contributed by atoms with Crippen molar-refractivity contribution in [1.82, 2.24) is 0 Å². The molecule has 1 atom stereocenters. The van der Waals surface area contributed by atoms with E-state index in [0.717, 1.165) is 6.42 Å². The predicted octanol–water partition coefficient (Wildman–Crippen LogP) is 2.69. The smallest absolute Gasteiger partial charge is 0.145 e. The molecule has 0 aliphatic heterocycles. The number of rotatable bonds is 6. The summed E-state index contributed by atoms with van der Waals surface area (Å²) in [6.07, 6.45) is 0.955. The molecule has 0 saturated heterocycles. The molecule has 0 radical (unpaired) electrons. The van der Waals surface area contributed by atoms with E-state index in [9.17, 15) is 10.2 Å². The van der Waals surface area contributed by atoms with Gasteiger partial charge in [-0.3, -0.25) is 4.99 Å². The van der Waals surface area contributed by atoms with Gasteiger partial charge in [-0.25, -0.2) is 0 Å². The Kier molecular flexibility index (Phi) is 5.16. The zero-order valence-corrected chi connectivity index (χ0v) is 13.8. The van der Waals surface area contributed by atoms with Crippen molar-refractivity contribution < 1.29 is 14.9 Å². The predicted molar refractivity (Wildman–Crippen MR) is 92.9 cm³/mol. The van der Waals surface area contributed by atoms with E-state index < -0.39 is 6.08 Å². The maximum absolute atomic E-state index is 12.0. The Hall–Kier alpha value is -2.33. The van der Waals surface area contributed by atoms with Gasteiger partial charge in [-0.15, -0.1) is 0 Å². The van der Waals surface area contributed by atoms with Gasteiger partial charge in [0.15, 0.2) is 0 Å². The molecule has 1 aliphatic rings. The minimum Gasteiger partial charge on any atom is -0.599 e. The van der Waals surface area contributed by atoms with Gasteiger partial charge in [0.25, 0.3) is 0 Å². The molecule has 24 heavy (non-hydrogen) atoms. The Balaban J connectivity index is 1.77. The summed E-state index contributed by atoms with van der Waals surface area (Å²) in [5.41, 5.74) is 4.76. The largest absolute Gasteiger partial charge is 0.599 e. The van der Waals surface area contributed by atoms with Crippen LogP contribution in [0.25, 0.3) is 11.1 Å². The fraction of sp³-hybridized carbons (Fsp3) is 0.350. The van der Waals surface area contributed by atoms with E-state index >= 15 is 0 Å². The first kappa shape index (κ1) is 16.5. The van der Waals surface area contributed by atoms with Crippen LogP contribution in [0.2, 0.25) is 0 Å². The summed E-state index contributed by atoms with van der Waals surface area (Å²) in [6.45, 7) is 2.13. The van der Waals surface area contributed by atoms with Gasteiger partial charge >= 0.3 is 0 Å². The lowest BCUT2D eigenvalue weighted by atomic mass is 9.98. The van der Waals surface area contributed by atoms with Gasteiger partial charge in [0.1, 0.15) is 6.08 Å². The minimum absolute atomic E-state index is 0.0373. The van der Waals surface area contributed by atoms with Crippen molar-refractivity contribution in [3.63, 3.8) is 0 Å². The van der Waals surface area contributed by atoms with Crippen LogP contribution in [0.4, 0.5) is 0 Å². The summed E-state index contributed by atoms with van der Waals surface area (Å²) in [4.78, 5) is 3.95. The molecule has 0 spiro atoms. The van der Waals surface area contributed by atoms with Crippen LogP contribution in [0.3, 0.4) is 0 Å². The van der Waals surface area contributed by atoms with Crippen LogP contribution >= 0.6 is 0 Å². The summed E-state index contributed by atoms with van der Waals surface area (Å²) in [5.74, 6) is 0.0373. The molecule has 2 aromatic rings. The van der Waals surface area contributed by atoms with Gasteiger partial charge in [-0.1, -0.05) is 61.9 Å². The zero-order chi connectivity index (χ0) is 16.9. The average molecular weight is 324 g/mol. The molecule has 0 bridgehead atoms. The maximum Gasteiger partial charge on any atom is 0.145 e. The van der Waals surface area contributed by atoms with Crippen molar-refractivity contribution in [2.45, 2.75) is 31.7 Å². The number of hydrogen-bond acceptors (Lipinski definition) is 4. The molecule has 2 aromatic carbocycles. The normalized spacial score (nSPS) is 15.0. The van der Waals surface area contributed by atoms with E-state index in [2.05, 4.69) is 29.3 Å².